The topological polar surface area (TPSA) is 63.7 Å². The third-order valence-electron chi connectivity index (χ3n) is 5.16. The molecule has 1 heterocycles. The molecule has 1 saturated heterocycles. The minimum absolute atomic E-state index is 0.105. The summed E-state index contributed by atoms with van der Waals surface area (Å²) in [7, 11) is 0. The van der Waals surface area contributed by atoms with Gasteiger partial charge in [0.15, 0.2) is 12.4 Å². The van der Waals surface area contributed by atoms with Crippen molar-refractivity contribution in [3.05, 3.63) is 71.3 Å². The van der Waals surface area contributed by atoms with Gasteiger partial charge in [0.2, 0.25) is 0 Å². The molecule has 0 unspecified atom stereocenters. The van der Waals surface area contributed by atoms with Crippen LogP contribution in [0.15, 0.2) is 54.6 Å². The predicted octanol–water partition coefficient (Wildman–Crippen LogP) is 3.87. The number of benzene rings is 2. The molecule has 1 aliphatic heterocycles. The van der Waals surface area contributed by atoms with Crippen molar-refractivity contribution in [1.29, 1.82) is 0 Å². The van der Waals surface area contributed by atoms with E-state index in [0.29, 0.717) is 16.7 Å². The van der Waals surface area contributed by atoms with Gasteiger partial charge >= 0.3 is 5.97 Å². The van der Waals surface area contributed by atoms with Gasteiger partial charge < -0.3 is 9.64 Å². The minimum Gasteiger partial charge on any atom is -0.452 e. The second-order valence-corrected chi connectivity index (χ2v) is 6.99. The van der Waals surface area contributed by atoms with E-state index in [2.05, 4.69) is 6.92 Å². The van der Waals surface area contributed by atoms with Crippen molar-refractivity contribution in [3.63, 3.8) is 0 Å². The first kappa shape index (κ1) is 19.8. The first-order valence-corrected chi connectivity index (χ1v) is 9.76. The molecule has 0 aliphatic carbocycles. The van der Waals surface area contributed by atoms with Crippen molar-refractivity contribution in [2.45, 2.75) is 38.6 Å². The first-order valence-electron chi connectivity index (χ1n) is 9.76. The zero-order valence-corrected chi connectivity index (χ0v) is 16.1. The Morgan fingerprint density at radius 3 is 2.25 bits per heavy atom. The predicted molar refractivity (Wildman–Crippen MR) is 106 cm³/mol. The lowest BCUT2D eigenvalue weighted by atomic mass is 10.00. The van der Waals surface area contributed by atoms with Gasteiger partial charge in [-0.2, -0.15) is 0 Å². The highest BCUT2D eigenvalue weighted by atomic mass is 16.5. The van der Waals surface area contributed by atoms with E-state index in [9.17, 15) is 14.4 Å². The number of hydrogen-bond donors (Lipinski definition) is 0. The van der Waals surface area contributed by atoms with Crippen molar-refractivity contribution >= 4 is 17.7 Å². The molecule has 146 valence electrons. The molecular weight excluding hydrogens is 354 g/mol. The van der Waals surface area contributed by atoms with Gasteiger partial charge in [0.25, 0.3) is 5.91 Å². The SMILES string of the molecule is CC[C@H]1CCCCN1C(=O)COC(=O)c1ccc(C(=O)c2ccccc2)cc1. The van der Waals surface area contributed by atoms with Crippen LogP contribution >= 0.6 is 0 Å². The van der Waals surface area contributed by atoms with Crippen LogP contribution in [-0.4, -0.2) is 41.8 Å². The summed E-state index contributed by atoms with van der Waals surface area (Å²) in [6.45, 7) is 2.55. The summed E-state index contributed by atoms with van der Waals surface area (Å²) in [5.74, 6) is -0.806. The summed E-state index contributed by atoms with van der Waals surface area (Å²) in [5.41, 5.74) is 1.41. The van der Waals surface area contributed by atoms with Crippen LogP contribution in [0.25, 0.3) is 0 Å². The lowest BCUT2D eigenvalue weighted by molar-refractivity contribution is -0.138. The Kier molecular flexibility index (Phi) is 6.58. The second-order valence-electron chi connectivity index (χ2n) is 6.99. The van der Waals surface area contributed by atoms with E-state index in [4.69, 9.17) is 4.74 Å². The van der Waals surface area contributed by atoms with Crippen LogP contribution in [-0.2, 0) is 9.53 Å². The molecule has 28 heavy (non-hydrogen) atoms. The number of carbonyl (C=O) groups is 3. The number of carbonyl (C=O) groups excluding carboxylic acids is 3. The fourth-order valence-electron chi connectivity index (χ4n) is 3.56. The fourth-order valence-corrected chi connectivity index (χ4v) is 3.56. The van der Waals surface area contributed by atoms with Crippen molar-refractivity contribution in [2.75, 3.05) is 13.2 Å². The molecule has 1 fully saturated rings. The maximum Gasteiger partial charge on any atom is 0.338 e. The van der Waals surface area contributed by atoms with E-state index in [1.807, 2.05) is 11.0 Å². The maximum atomic E-state index is 12.4. The van der Waals surface area contributed by atoms with Gasteiger partial charge in [-0.25, -0.2) is 4.79 Å². The number of rotatable bonds is 6. The van der Waals surface area contributed by atoms with Gasteiger partial charge in [0, 0.05) is 23.7 Å². The number of amides is 1. The third-order valence-corrected chi connectivity index (χ3v) is 5.16. The van der Waals surface area contributed by atoms with Crippen LogP contribution in [0.3, 0.4) is 0 Å². The molecule has 1 aliphatic rings. The van der Waals surface area contributed by atoms with Crippen molar-refractivity contribution in [2.24, 2.45) is 0 Å². The highest BCUT2D eigenvalue weighted by molar-refractivity contribution is 6.09. The van der Waals surface area contributed by atoms with Gasteiger partial charge in [-0.15, -0.1) is 0 Å². The van der Waals surface area contributed by atoms with Crippen molar-refractivity contribution < 1.29 is 19.1 Å². The van der Waals surface area contributed by atoms with Gasteiger partial charge in [0.1, 0.15) is 0 Å². The van der Waals surface area contributed by atoms with Crippen LogP contribution < -0.4 is 0 Å². The van der Waals surface area contributed by atoms with Crippen LogP contribution in [0.5, 0.6) is 0 Å². The number of ether oxygens (including phenoxy) is 1. The average Bonchev–Trinajstić information content (AvgIpc) is 2.77. The van der Waals surface area contributed by atoms with Gasteiger partial charge in [-0.1, -0.05) is 49.4 Å². The zero-order valence-electron chi connectivity index (χ0n) is 16.1. The van der Waals surface area contributed by atoms with Crippen LogP contribution in [0.1, 0.15) is 58.9 Å². The highest BCUT2D eigenvalue weighted by Crippen LogP contribution is 2.19. The molecule has 0 bridgehead atoms. The van der Waals surface area contributed by atoms with Crippen LogP contribution in [0.2, 0.25) is 0 Å². The molecule has 0 spiro atoms. The van der Waals surface area contributed by atoms with Crippen LogP contribution in [0, 0.1) is 0 Å². The maximum absolute atomic E-state index is 12.4. The number of esters is 1. The molecule has 5 heteroatoms. The molecule has 2 aromatic carbocycles. The largest absolute Gasteiger partial charge is 0.452 e. The summed E-state index contributed by atoms with van der Waals surface area (Å²) in [4.78, 5) is 38.9. The number of piperidine rings is 1. The Morgan fingerprint density at radius 1 is 0.929 bits per heavy atom. The van der Waals surface area contributed by atoms with Gasteiger partial charge in [-0.3, -0.25) is 9.59 Å². The smallest absolute Gasteiger partial charge is 0.338 e. The Morgan fingerprint density at radius 2 is 1.57 bits per heavy atom. The molecule has 0 radical (unpaired) electrons. The number of nitrogens with zero attached hydrogens (tertiary/aromatic N) is 1. The molecule has 1 atom stereocenters. The Bertz CT molecular complexity index is 829. The minimum atomic E-state index is -0.558. The molecular formula is C23H25NO4. The molecule has 0 N–H and O–H groups in total. The van der Waals surface area contributed by atoms with E-state index in [1.165, 1.54) is 0 Å². The number of ketones is 1. The van der Waals surface area contributed by atoms with Gasteiger partial charge in [-0.05, 0) is 37.8 Å². The molecule has 0 aromatic heterocycles. The third kappa shape index (κ3) is 4.66. The fraction of sp³-hybridized carbons (Fsp3) is 0.348. The van der Waals surface area contributed by atoms with Crippen molar-refractivity contribution in [1.82, 2.24) is 4.90 Å². The van der Waals surface area contributed by atoms with E-state index in [-0.39, 0.29) is 24.3 Å². The molecule has 1 amide bonds. The summed E-state index contributed by atoms with van der Waals surface area (Å²) in [6, 6.07) is 15.5. The second kappa shape index (κ2) is 9.31. The van der Waals surface area contributed by atoms with E-state index in [1.54, 1.807) is 48.5 Å². The summed E-state index contributed by atoms with van der Waals surface area (Å²) in [5, 5.41) is 0. The Balaban J connectivity index is 1.57. The summed E-state index contributed by atoms with van der Waals surface area (Å²) in [6.07, 6.45) is 4.05. The molecule has 2 aromatic rings. The van der Waals surface area contributed by atoms with Crippen LogP contribution in [0.4, 0.5) is 0 Å². The Labute approximate surface area is 165 Å². The summed E-state index contributed by atoms with van der Waals surface area (Å²) < 4.78 is 5.21. The van der Waals surface area contributed by atoms with E-state index in [0.717, 1.165) is 32.2 Å². The lowest BCUT2D eigenvalue weighted by Gasteiger charge is -2.35. The molecule has 3 rings (SSSR count). The number of likely N-dealkylation sites (tertiary alicyclic amines) is 1. The number of hydrogen-bond acceptors (Lipinski definition) is 4. The normalized spacial score (nSPS) is 16.5. The Hall–Kier alpha value is -2.95. The first-order chi connectivity index (χ1) is 13.6. The van der Waals surface area contributed by atoms with Gasteiger partial charge in [0.05, 0.1) is 5.56 Å². The average molecular weight is 379 g/mol. The monoisotopic (exact) mass is 379 g/mol. The van der Waals surface area contributed by atoms with Crippen molar-refractivity contribution in [3.8, 4) is 0 Å². The zero-order chi connectivity index (χ0) is 19.9. The molecule has 0 saturated carbocycles. The van der Waals surface area contributed by atoms with E-state index >= 15 is 0 Å². The summed E-state index contributed by atoms with van der Waals surface area (Å²) >= 11 is 0. The quantitative estimate of drug-likeness (QED) is 0.565. The van der Waals surface area contributed by atoms with E-state index < -0.39 is 5.97 Å². The lowest BCUT2D eigenvalue weighted by Crippen LogP contribution is -2.45. The highest BCUT2D eigenvalue weighted by Gasteiger charge is 2.26. The standard InChI is InChI=1S/C23H25NO4/c1-2-20-10-6-7-15-24(20)21(25)16-28-23(27)19-13-11-18(12-14-19)22(26)17-8-4-3-5-9-17/h3-5,8-9,11-14,20H,2,6-7,10,15-16H2,1H3/t20-/m0/s1. The molecule has 5 nitrogen and oxygen atoms in total.